The Morgan fingerprint density at radius 1 is 1.38 bits per heavy atom. The van der Waals surface area contributed by atoms with Gasteiger partial charge >= 0.3 is 5.97 Å². The van der Waals surface area contributed by atoms with E-state index in [1.807, 2.05) is 0 Å². The Bertz CT molecular complexity index is 418. The number of carboxylic acids is 1. The van der Waals surface area contributed by atoms with E-state index in [2.05, 4.69) is 0 Å². The first-order chi connectivity index (χ1) is 7.26. The first kappa shape index (κ1) is 13.3. The minimum absolute atomic E-state index is 0.371. The average Bonchev–Trinajstić information content (AvgIpc) is 2.20. The third-order valence-electron chi connectivity index (χ3n) is 2.63. The molecule has 1 aromatic rings. The van der Waals surface area contributed by atoms with Crippen LogP contribution >= 0.6 is 23.2 Å². The van der Waals surface area contributed by atoms with Gasteiger partial charge in [0.1, 0.15) is 0 Å². The molecule has 0 saturated carbocycles. The van der Waals surface area contributed by atoms with Gasteiger partial charge < -0.3 is 10.8 Å². The normalized spacial score (nSPS) is 13.6. The van der Waals surface area contributed by atoms with Crippen molar-refractivity contribution in [3.8, 4) is 0 Å². The Morgan fingerprint density at radius 3 is 2.38 bits per heavy atom. The predicted octanol–water partition coefficient (Wildman–Crippen LogP) is 3.10. The number of benzene rings is 1. The van der Waals surface area contributed by atoms with Crippen molar-refractivity contribution in [2.75, 3.05) is 0 Å². The number of halogens is 2. The van der Waals surface area contributed by atoms with E-state index >= 15 is 0 Å². The molecule has 1 rings (SSSR count). The average molecular weight is 262 g/mol. The molecular formula is C11H13Cl2NO2. The first-order valence-electron chi connectivity index (χ1n) is 4.70. The van der Waals surface area contributed by atoms with Gasteiger partial charge in [0.05, 0.1) is 15.5 Å². The Balaban J connectivity index is 3.10. The SMILES string of the molecule is CC(C)(C(=O)O)C(N)c1ccc(Cl)c(Cl)c1. The largest absolute Gasteiger partial charge is 0.481 e. The van der Waals surface area contributed by atoms with Crippen molar-refractivity contribution in [2.24, 2.45) is 11.1 Å². The van der Waals surface area contributed by atoms with E-state index in [1.165, 1.54) is 0 Å². The van der Waals surface area contributed by atoms with Crippen LogP contribution in [0.2, 0.25) is 10.0 Å². The second-order valence-corrected chi connectivity index (χ2v) is 4.99. The summed E-state index contributed by atoms with van der Waals surface area (Å²) >= 11 is 11.6. The summed E-state index contributed by atoms with van der Waals surface area (Å²) in [7, 11) is 0. The molecule has 0 fully saturated rings. The molecule has 16 heavy (non-hydrogen) atoms. The summed E-state index contributed by atoms with van der Waals surface area (Å²) in [5.41, 5.74) is 5.51. The van der Waals surface area contributed by atoms with Gasteiger partial charge in [0.15, 0.2) is 0 Å². The lowest BCUT2D eigenvalue weighted by molar-refractivity contribution is -0.148. The third kappa shape index (κ3) is 2.48. The Labute approximate surface area is 104 Å². The van der Waals surface area contributed by atoms with Crippen molar-refractivity contribution < 1.29 is 9.90 Å². The highest BCUT2D eigenvalue weighted by Crippen LogP contribution is 2.34. The quantitative estimate of drug-likeness (QED) is 0.879. The monoisotopic (exact) mass is 261 g/mol. The van der Waals surface area contributed by atoms with Gasteiger partial charge in [0, 0.05) is 6.04 Å². The minimum atomic E-state index is -1.06. The molecule has 1 unspecified atom stereocenters. The van der Waals surface area contributed by atoms with Crippen molar-refractivity contribution in [2.45, 2.75) is 19.9 Å². The van der Waals surface area contributed by atoms with Crippen LogP contribution < -0.4 is 5.73 Å². The Kier molecular flexibility index (Phi) is 3.84. The molecule has 0 aliphatic heterocycles. The molecule has 0 bridgehead atoms. The Hall–Kier alpha value is -0.770. The fourth-order valence-electron chi connectivity index (χ4n) is 1.26. The summed E-state index contributed by atoms with van der Waals surface area (Å²) in [4.78, 5) is 11.0. The minimum Gasteiger partial charge on any atom is -0.481 e. The molecule has 0 aromatic heterocycles. The van der Waals surface area contributed by atoms with Gasteiger partial charge in [0.25, 0.3) is 0 Å². The highest BCUT2D eigenvalue weighted by Gasteiger charge is 2.35. The zero-order chi connectivity index (χ0) is 12.5. The summed E-state index contributed by atoms with van der Waals surface area (Å²) in [6.45, 7) is 3.14. The molecule has 3 N–H and O–H groups in total. The van der Waals surface area contributed by atoms with E-state index in [4.69, 9.17) is 34.0 Å². The predicted molar refractivity (Wildman–Crippen MR) is 64.8 cm³/mol. The summed E-state index contributed by atoms with van der Waals surface area (Å²) in [6, 6.07) is 4.25. The van der Waals surface area contributed by atoms with Crippen LogP contribution in [0.3, 0.4) is 0 Å². The molecule has 5 heteroatoms. The smallest absolute Gasteiger partial charge is 0.311 e. The standard InChI is InChI=1S/C11H13Cl2NO2/c1-11(2,10(15)16)9(14)6-3-4-7(12)8(13)5-6/h3-5,9H,14H2,1-2H3,(H,15,16). The highest BCUT2D eigenvalue weighted by molar-refractivity contribution is 6.42. The summed E-state index contributed by atoms with van der Waals surface area (Å²) in [6.07, 6.45) is 0. The van der Waals surface area contributed by atoms with Crippen LogP contribution in [0.1, 0.15) is 25.5 Å². The number of rotatable bonds is 3. The van der Waals surface area contributed by atoms with Crippen molar-refractivity contribution in [3.05, 3.63) is 33.8 Å². The van der Waals surface area contributed by atoms with Crippen LogP contribution in [0.15, 0.2) is 18.2 Å². The van der Waals surface area contributed by atoms with Gasteiger partial charge in [-0.2, -0.15) is 0 Å². The molecule has 88 valence electrons. The number of hydrogen-bond acceptors (Lipinski definition) is 2. The van der Waals surface area contributed by atoms with Gasteiger partial charge in [-0.15, -0.1) is 0 Å². The lowest BCUT2D eigenvalue weighted by Gasteiger charge is -2.27. The number of carboxylic acid groups (broad SMARTS) is 1. The Morgan fingerprint density at radius 2 is 1.94 bits per heavy atom. The zero-order valence-corrected chi connectivity index (χ0v) is 10.5. The molecule has 0 aliphatic carbocycles. The summed E-state index contributed by atoms with van der Waals surface area (Å²) in [5.74, 6) is -0.953. The maximum Gasteiger partial charge on any atom is 0.311 e. The van der Waals surface area contributed by atoms with Crippen LogP contribution in [0.4, 0.5) is 0 Å². The fraction of sp³-hybridized carbons (Fsp3) is 0.364. The van der Waals surface area contributed by atoms with E-state index in [1.54, 1.807) is 32.0 Å². The molecule has 0 spiro atoms. The number of aliphatic carboxylic acids is 1. The third-order valence-corrected chi connectivity index (χ3v) is 3.37. The molecule has 0 saturated heterocycles. The second-order valence-electron chi connectivity index (χ2n) is 4.18. The number of hydrogen-bond donors (Lipinski definition) is 2. The van der Waals surface area contributed by atoms with Crippen LogP contribution in [-0.2, 0) is 4.79 Å². The van der Waals surface area contributed by atoms with Crippen LogP contribution in [0.25, 0.3) is 0 Å². The van der Waals surface area contributed by atoms with E-state index in [0.29, 0.717) is 15.6 Å². The lowest BCUT2D eigenvalue weighted by atomic mass is 9.81. The van der Waals surface area contributed by atoms with Crippen LogP contribution in [0, 0.1) is 5.41 Å². The first-order valence-corrected chi connectivity index (χ1v) is 5.46. The van der Waals surface area contributed by atoms with Crippen molar-refractivity contribution >= 4 is 29.2 Å². The van der Waals surface area contributed by atoms with Crippen molar-refractivity contribution in [1.82, 2.24) is 0 Å². The van der Waals surface area contributed by atoms with Crippen LogP contribution in [-0.4, -0.2) is 11.1 Å². The van der Waals surface area contributed by atoms with Gasteiger partial charge in [-0.3, -0.25) is 4.79 Å². The number of nitrogens with two attached hydrogens (primary N) is 1. The second kappa shape index (κ2) is 4.62. The van der Waals surface area contributed by atoms with Crippen LogP contribution in [0.5, 0.6) is 0 Å². The molecule has 1 atom stereocenters. The van der Waals surface area contributed by atoms with Crippen molar-refractivity contribution in [3.63, 3.8) is 0 Å². The molecule has 0 radical (unpaired) electrons. The molecule has 0 aliphatic rings. The zero-order valence-electron chi connectivity index (χ0n) is 9.00. The van der Waals surface area contributed by atoms with E-state index in [0.717, 1.165) is 0 Å². The summed E-state index contributed by atoms with van der Waals surface area (Å²) < 4.78 is 0. The summed E-state index contributed by atoms with van der Waals surface area (Å²) in [5, 5.41) is 9.85. The number of carbonyl (C=O) groups is 1. The molecule has 0 amide bonds. The maximum absolute atomic E-state index is 11.0. The molecule has 0 heterocycles. The lowest BCUT2D eigenvalue weighted by Crippen LogP contribution is -2.36. The molecular weight excluding hydrogens is 249 g/mol. The molecule has 3 nitrogen and oxygen atoms in total. The maximum atomic E-state index is 11.0. The van der Waals surface area contributed by atoms with Gasteiger partial charge in [-0.05, 0) is 31.5 Å². The van der Waals surface area contributed by atoms with Crippen molar-refractivity contribution in [1.29, 1.82) is 0 Å². The van der Waals surface area contributed by atoms with E-state index < -0.39 is 17.4 Å². The highest BCUT2D eigenvalue weighted by atomic mass is 35.5. The van der Waals surface area contributed by atoms with E-state index in [9.17, 15) is 4.79 Å². The molecule has 1 aromatic carbocycles. The van der Waals surface area contributed by atoms with Gasteiger partial charge in [-0.1, -0.05) is 29.3 Å². The topological polar surface area (TPSA) is 63.3 Å². The fourth-order valence-corrected chi connectivity index (χ4v) is 1.56. The van der Waals surface area contributed by atoms with Gasteiger partial charge in [0.2, 0.25) is 0 Å². The van der Waals surface area contributed by atoms with Gasteiger partial charge in [-0.25, -0.2) is 0 Å². The van der Waals surface area contributed by atoms with E-state index in [-0.39, 0.29) is 0 Å².